The minimum Gasteiger partial charge on any atom is -0.386 e. The molecule has 0 atom stereocenters. The molecule has 1 aromatic heterocycles. The van der Waals surface area contributed by atoms with Gasteiger partial charge in [0.1, 0.15) is 0 Å². The lowest BCUT2D eigenvalue weighted by molar-refractivity contribution is 0.102. The van der Waals surface area contributed by atoms with E-state index < -0.39 is 23.4 Å². The molecular formula is C13H10F3N3O. The molecule has 0 fully saturated rings. The largest absolute Gasteiger partial charge is 0.386 e. The van der Waals surface area contributed by atoms with E-state index >= 15 is 0 Å². The molecule has 0 unspecified atom stereocenters. The van der Waals surface area contributed by atoms with Gasteiger partial charge in [0.05, 0.1) is 17.4 Å². The highest BCUT2D eigenvalue weighted by Gasteiger charge is 2.14. The number of halogens is 3. The van der Waals surface area contributed by atoms with Gasteiger partial charge in [-0.2, -0.15) is 0 Å². The van der Waals surface area contributed by atoms with Crippen LogP contribution in [0.2, 0.25) is 0 Å². The van der Waals surface area contributed by atoms with Crippen LogP contribution < -0.4 is 10.6 Å². The lowest BCUT2D eigenvalue weighted by Gasteiger charge is -2.09. The summed E-state index contributed by atoms with van der Waals surface area (Å²) in [5.74, 6) is -4.92. The molecule has 0 spiro atoms. The average Bonchev–Trinajstić information content (AvgIpc) is 2.44. The van der Waals surface area contributed by atoms with E-state index in [4.69, 9.17) is 0 Å². The molecule has 104 valence electrons. The van der Waals surface area contributed by atoms with Crippen LogP contribution in [0.25, 0.3) is 0 Å². The summed E-state index contributed by atoms with van der Waals surface area (Å²) in [6.07, 6.45) is 2.84. The van der Waals surface area contributed by atoms with Gasteiger partial charge in [0.25, 0.3) is 5.91 Å². The Balaban J connectivity index is 2.28. The van der Waals surface area contributed by atoms with Gasteiger partial charge >= 0.3 is 0 Å². The average molecular weight is 281 g/mol. The van der Waals surface area contributed by atoms with Crippen molar-refractivity contribution in [1.29, 1.82) is 0 Å². The van der Waals surface area contributed by atoms with Gasteiger partial charge in [-0.05, 0) is 6.07 Å². The molecular weight excluding hydrogens is 271 g/mol. The molecule has 7 heteroatoms. The fourth-order valence-electron chi connectivity index (χ4n) is 1.62. The van der Waals surface area contributed by atoms with Crippen LogP contribution in [0.3, 0.4) is 0 Å². The van der Waals surface area contributed by atoms with Gasteiger partial charge in [0.15, 0.2) is 17.5 Å². The molecule has 0 aliphatic rings. The Labute approximate surface area is 112 Å². The van der Waals surface area contributed by atoms with Crippen molar-refractivity contribution in [3.63, 3.8) is 0 Å². The van der Waals surface area contributed by atoms with E-state index in [1.165, 1.54) is 18.5 Å². The molecule has 4 nitrogen and oxygen atoms in total. The molecule has 20 heavy (non-hydrogen) atoms. The van der Waals surface area contributed by atoms with Crippen molar-refractivity contribution < 1.29 is 18.0 Å². The van der Waals surface area contributed by atoms with Crippen molar-refractivity contribution in [1.82, 2.24) is 4.98 Å². The van der Waals surface area contributed by atoms with Crippen molar-refractivity contribution in [3.05, 3.63) is 53.6 Å². The SMILES string of the molecule is CNc1cnccc1C(=O)Nc1cc(F)c(F)c(F)c1. The Hall–Kier alpha value is -2.57. The predicted molar refractivity (Wildman–Crippen MR) is 68.1 cm³/mol. The molecule has 1 heterocycles. The quantitative estimate of drug-likeness (QED) is 0.851. The molecule has 0 radical (unpaired) electrons. The second-order valence-corrected chi connectivity index (χ2v) is 3.88. The van der Waals surface area contributed by atoms with Crippen LogP contribution in [0.4, 0.5) is 24.5 Å². The molecule has 0 saturated heterocycles. The molecule has 2 N–H and O–H groups in total. The summed E-state index contributed by atoms with van der Waals surface area (Å²) in [5.41, 5.74) is 0.519. The number of hydrogen-bond acceptors (Lipinski definition) is 3. The third-order valence-electron chi connectivity index (χ3n) is 2.58. The summed E-state index contributed by atoms with van der Waals surface area (Å²) in [6, 6.07) is 2.85. The van der Waals surface area contributed by atoms with Gasteiger partial charge in [-0.3, -0.25) is 9.78 Å². The number of hydrogen-bond donors (Lipinski definition) is 2. The van der Waals surface area contributed by atoms with E-state index in [1.807, 2.05) is 0 Å². The Morgan fingerprint density at radius 1 is 1.20 bits per heavy atom. The number of nitrogens with one attached hydrogen (secondary N) is 2. The van der Waals surface area contributed by atoms with Crippen LogP contribution in [-0.2, 0) is 0 Å². The van der Waals surface area contributed by atoms with Crippen molar-refractivity contribution in [2.75, 3.05) is 17.7 Å². The van der Waals surface area contributed by atoms with Crippen LogP contribution >= 0.6 is 0 Å². The topological polar surface area (TPSA) is 54.0 Å². The highest BCUT2D eigenvalue weighted by Crippen LogP contribution is 2.19. The van der Waals surface area contributed by atoms with Crippen molar-refractivity contribution >= 4 is 17.3 Å². The van der Waals surface area contributed by atoms with Crippen molar-refractivity contribution in [2.24, 2.45) is 0 Å². The first-order valence-corrected chi connectivity index (χ1v) is 5.60. The number of benzene rings is 1. The van der Waals surface area contributed by atoms with Crippen LogP contribution in [0.5, 0.6) is 0 Å². The van der Waals surface area contributed by atoms with Gasteiger partial charge in [-0.15, -0.1) is 0 Å². The van der Waals surface area contributed by atoms with Crippen LogP contribution in [0.15, 0.2) is 30.6 Å². The third-order valence-corrected chi connectivity index (χ3v) is 2.58. The summed E-state index contributed by atoms with van der Waals surface area (Å²) in [7, 11) is 1.60. The molecule has 0 aliphatic carbocycles. The highest BCUT2D eigenvalue weighted by molar-refractivity contribution is 6.07. The number of rotatable bonds is 3. The zero-order chi connectivity index (χ0) is 14.7. The first-order chi connectivity index (χ1) is 9.52. The maximum atomic E-state index is 13.0. The fraction of sp³-hybridized carbons (Fsp3) is 0.0769. The minimum absolute atomic E-state index is 0.176. The number of nitrogens with zero attached hydrogens (tertiary/aromatic N) is 1. The number of carbonyl (C=O) groups excluding carboxylic acids is 1. The number of aromatic nitrogens is 1. The molecule has 1 amide bonds. The number of pyridine rings is 1. The Morgan fingerprint density at radius 3 is 2.45 bits per heavy atom. The van der Waals surface area contributed by atoms with Gasteiger partial charge in [-0.25, -0.2) is 13.2 Å². The normalized spacial score (nSPS) is 10.2. The highest BCUT2D eigenvalue weighted by atomic mass is 19.2. The summed E-state index contributed by atoms with van der Waals surface area (Å²) < 4.78 is 38.9. The van der Waals surface area contributed by atoms with Crippen LogP contribution in [0, 0.1) is 17.5 Å². The van der Waals surface area contributed by atoms with E-state index in [1.54, 1.807) is 7.05 Å². The van der Waals surface area contributed by atoms with Crippen LogP contribution in [-0.4, -0.2) is 17.9 Å². The lowest BCUT2D eigenvalue weighted by Crippen LogP contribution is -2.14. The molecule has 0 saturated carbocycles. The van der Waals surface area contributed by atoms with Gasteiger partial charge in [0, 0.05) is 31.1 Å². The lowest BCUT2D eigenvalue weighted by atomic mass is 10.2. The summed E-state index contributed by atoms with van der Waals surface area (Å²) in [4.78, 5) is 15.8. The number of amides is 1. The third kappa shape index (κ3) is 2.71. The molecule has 1 aromatic carbocycles. The molecule has 0 aliphatic heterocycles. The molecule has 2 aromatic rings. The smallest absolute Gasteiger partial charge is 0.257 e. The minimum atomic E-state index is -1.58. The second kappa shape index (κ2) is 5.60. The summed E-state index contributed by atoms with van der Waals surface area (Å²) >= 11 is 0. The summed E-state index contributed by atoms with van der Waals surface area (Å²) in [6.45, 7) is 0. The predicted octanol–water partition coefficient (Wildman–Crippen LogP) is 2.79. The zero-order valence-corrected chi connectivity index (χ0v) is 10.4. The standard InChI is InChI=1S/C13H10F3N3O/c1-17-11-6-18-3-2-8(11)13(20)19-7-4-9(14)12(16)10(15)5-7/h2-6,17H,1H3,(H,19,20). The van der Waals surface area contributed by atoms with Crippen molar-refractivity contribution in [2.45, 2.75) is 0 Å². The first kappa shape index (κ1) is 13.9. The van der Waals surface area contributed by atoms with E-state index in [9.17, 15) is 18.0 Å². The Kier molecular flexibility index (Phi) is 3.88. The van der Waals surface area contributed by atoms with Gasteiger partial charge in [-0.1, -0.05) is 0 Å². The van der Waals surface area contributed by atoms with E-state index in [0.717, 1.165) is 0 Å². The Morgan fingerprint density at radius 2 is 1.85 bits per heavy atom. The monoisotopic (exact) mass is 281 g/mol. The summed E-state index contributed by atoms with van der Waals surface area (Å²) in [5, 5.41) is 5.05. The molecule has 0 bridgehead atoms. The van der Waals surface area contributed by atoms with E-state index in [0.29, 0.717) is 17.8 Å². The van der Waals surface area contributed by atoms with Crippen LogP contribution in [0.1, 0.15) is 10.4 Å². The second-order valence-electron chi connectivity index (χ2n) is 3.88. The number of carbonyl (C=O) groups is 1. The van der Waals surface area contributed by atoms with Gasteiger partial charge in [0.2, 0.25) is 0 Å². The molecule has 2 rings (SSSR count). The van der Waals surface area contributed by atoms with E-state index in [-0.39, 0.29) is 11.3 Å². The van der Waals surface area contributed by atoms with Gasteiger partial charge < -0.3 is 10.6 Å². The fourth-order valence-corrected chi connectivity index (χ4v) is 1.62. The first-order valence-electron chi connectivity index (χ1n) is 5.60. The maximum absolute atomic E-state index is 13.0. The van der Waals surface area contributed by atoms with E-state index in [2.05, 4.69) is 15.6 Å². The zero-order valence-electron chi connectivity index (χ0n) is 10.4. The number of anilines is 2. The van der Waals surface area contributed by atoms with Crippen molar-refractivity contribution in [3.8, 4) is 0 Å². The Bertz CT molecular complexity index is 638. The maximum Gasteiger partial charge on any atom is 0.257 e.